The van der Waals surface area contributed by atoms with Gasteiger partial charge in [-0.1, -0.05) is 6.07 Å². The highest BCUT2D eigenvalue weighted by atomic mass is 19.1. The third-order valence-electron chi connectivity index (χ3n) is 4.52. The fraction of sp³-hybridized carbons (Fsp3) is 0.381. The van der Waals surface area contributed by atoms with Gasteiger partial charge in [-0.25, -0.2) is 4.39 Å². The van der Waals surface area contributed by atoms with Crippen LogP contribution in [0.25, 0.3) is 0 Å². The number of benzene rings is 2. The van der Waals surface area contributed by atoms with Crippen molar-refractivity contribution in [2.75, 3.05) is 26.9 Å². The third-order valence-corrected chi connectivity index (χ3v) is 4.52. The molecule has 3 rings (SSSR count). The molecule has 1 aliphatic heterocycles. The molecule has 0 bridgehead atoms. The second-order valence-corrected chi connectivity index (χ2v) is 6.48. The van der Waals surface area contributed by atoms with Crippen LogP contribution in [0.1, 0.15) is 30.5 Å². The molecule has 1 atom stereocenters. The average molecular weight is 388 g/mol. The van der Waals surface area contributed by atoms with Crippen molar-refractivity contribution in [1.82, 2.24) is 10.6 Å². The summed E-state index contributed by atoms with van der Waals surface area (Å²) in [7, 11) is 1.56. The van der Waals surface area contributed by atoms with E-state index in [0.29, 0.717) is 31.2 Å². The lowest BCUT2D eigenvalue weighted by Crippen LogP contribution is -2.28. The topological polar surface area (TPSA) is 68.8 Å². The van der Waals surface area contributed by atoms with E-state index in [2.05, 4.69) is 10.6 Å². The highest BCUT2D eigenvalue weighted by Crippen LogP contribution is 2.33. The number of likely N-dealkylation sites (N-methyl/N-ethyl adjacent to an activating group) is 1. The molecule has 0 aliphatic carbocycles. The number of ether oxygens (including phenoxy) is 3. The monoisotopic (exact) mass is 388 g/mol. The van der Waals surface area contributed by atoms with Crippen LogP contribution < -0.4 is 24.8 Å². The van der Waals surface area contributed by atoms with Gasteiger partial charge in [-0.05, 0) is 42.8 Å². The van der Waals surface area contributed by atoms with Crippen LogP contribution in [0.4, 0.5) is 4.39 Å². The quantitative estimate of drug-likeness (QED) is 0.728. The second-order valence-electron chi connectivity index (χ2n) is 6.48. The Balaban J connectivity index is 1.64. The van der Waals surface area contributed by atoms with E-state index in [1.165, 1.54) is 12.1 Å². The molecular weight excluding hydrogens is 363 g/mol. The van der Waals surface area contributed by atoms with Crippen LogP contribution in [-0.2, 0) is 11.3 Å². The lowest BCUT2D eigenvalue weighted by Gasteiger charge is -2.27. The van der Waals surface area contributed by atoms with E-state index < -0.39 is 0 Å². The third kappa shape index (κ3) is 4.92. The molecule has 0 fully saturated rings. The Morgan fingerprint density at radius 3 is 2.89 bits per heavy atom. The first-order chi connectivity index (χ1) is 13.6. The number of methoxy groups -OCH3 is 1. The molecule has 0 unspecified atom stereocenters. The summed E-state index contributed by atoms with van der Waals surface area (Å²) in [6.07, 6.45) is 0.765. The van der Waals surface area contributed by atoms with E-state index in [1.807, 2.05) is 19.1 Å². The molecule has 0 saturated carbocycles. The van der Waals surface area contributed by atoms with Gasteiger partial charge < -0.3 is 24.8 Å². The van der Waals surface area contributed by atoms with Crippen molar-refractivity contribution in [2.45, 2.75) is 25.9 Å². The van der Waals surface area contributed by atoms with Crippen molar-refractivity contribution in [2.24, 2.45) is 0 Å². The Kier molecular flexibility index (Phi) is 6.71. The minimum Gasteiger partial charge on any atom is -0.493 e. The van der Waals surface area contributed by atoms with Crippen molar-refractivity contribution >= 4 is 5.91 Å². The molecule has 0 aromatic heterocycles. The molecular formula is C21H25FN2O4. The molecule has 1 heterocycles. The molecule has 2 aromatic carbocycles. The highest BCUT2D eigenvalue weighted by molar-refractivity contribution is 5.77. The minimum absolute atomic E-state index is 0.0131. The summed E-state index contributed by atoms with van der Waals surface area (Å²) >= 11 is 0. The maximum Gasteiger partial charge on any atom is 0.257 e. The zero-order valence-corrected chi connectivity index (χ0v) is 16.1. The fourth-order valence-electron chi connectivity index (χ4n) is 3.15. The Morgan fingerprint density at radius 2 is 2.11 bits per heavy atom. The Morgan fingerprint density at radius 1 is 1.25 bits per heavy atom. The highest BCUT2D eigenvalue weighted by Gasteiger charge is 2.21. The average Bonchev–Trinajstić information content (AvgIpc) is 2.71. The fourth-order valence-corrected chi connectivity index (χ4v) is 3.15. The van der Waals surface area contributed by atoms with Crippen LogP contribution in [0.2, 0.25) is 0 Å². The number of nitrogens with one attached hydrogen (secondary N) is 2. The first kappa shape index (κ1) is 19.9. The van der Waals surface area contributed by atoms with E-state index in [1.54, 1.807) is 19.2 Å². The second kappa shape index (κ2) is 9.41. The SMILES string of the molecule is CCNC(=O)COc1ccc(CN[C@H]2CCOc3ccc(F)cc32)cc1OC. The first-order valence-electron chi connectivity index (χ1n) is 9.32. The van der Waals surface area contributed by atoms with Gasteiger partial charge in [0.1, 0.15) is 11.6 Å². The van der Waals surface area contributed by atoms with Crippen LogP contribution in [0, 0.1) is 5.82 Å². The van der Waals surface area contributed by atoms with Crippen molar-refractivity contribution in [3.63, 3.8) is 0 Å². The number of amides is 1. The lowest BCUT2D eigenvalue weighted by molar-refractivity contribution is -0.123. The van der Waals surface area contributed by atoms with Crippen LogP contribution in [0.3, 0.4) is 0 Å². The van der Waals surface area contributed by atoms with Gasteiger partial charge in [-0.2, -0.15) is 0 Å². The first-order valence-corrected chi connectivity index (χ1v) is 9.32. The number of fused-ring (bicyclic) bond motifs is 1. The van der Waals surface area contributed by atoms with Gasteiger partial charge in [0.15, 0.2) is 18.1 Å². The van der Waals surface area contributed by atoms with Gasteiger partial charge in [-0.15, -0.1) is 0 Å². The van der Waals surface area contributed by atoms with E-state index >= 15 is 0 Å². The summed E-state index contributed by atoms with van der Waals surface area (Å²) in [5.41, 5.74) is 1.83. The van der Waals surface area contributed by atoms with Crippen LogP contribution >= 0.6 is 0 Å². The number of halogens is 1. The standard InChI is InChI=1S/C21H25FN2O4/c1-3-23-21(25)13-28-19-6-4-14(10-20(19)26-2)12-24-17-8-9-27-18-7-5-15(22)11-16(17)18/h4-7,10-11,17,24H,3,8-9,12-13H2,1-2H3,(H,23,25)/t17-/m0/s1. The predicted octanol–water partition coefficient (Wildman–Crippen LogP) is 2.96. The molecule has 0 saturated heterocycles. The van der Waals surface area contributed by atoms with Gasteiger partial charge in [0, 0.05) is 31.1 Å². The van der Waals surface area contributed by atoms with E-state index in [4.69, 9.17) is 14.2 Å². The lowest BCUT2D eigenvalue weighted by atomic mass is 10.00. The Hall–Kier alpha value is -2.80. The van der Waals surface area contributed by atoms with Crippen molar-refractivity contribution in [3.8, 4) is 17.2 Å². The van der Waals surface area contributed by atoms with Crippen molar-refractivity contribution < 1.29 is 23.4 Å². The van der Waals surface area contributed by atoms with Gasteiger partial charge in [0.25, 0.3) is 5.91 Å². The Bertz CT molecular complexity index is 828. The van der Waals surface area contributed by atoms with Crippen molar-refractivity contribution in [1.29, 1.82) is 0 Å². The molecule has 28 heavy (non-hydrogen) atoms. The van der Waals surface area contributed by atoms with Crippen LogP contribution in [0.5, 0.6) is 17.2 Å². The summed E-state index contributed by atoms with van der Waals surface area (Å²) in [6, 6.07) is 10.2. The van der Waals surface area contributed by atoms with E-state index in [0.717, 1.165) is 23.3 Å². The van der Waals surface area contributed by atoms with Crippen LogP contribution in [-0.4, -0.2) is 32.8 Å². The molecule has 1 aliphatic rings. The summed E-state index contributed by atoms with van der Waals surface area (Å²) in [6.45, 7) is 3.51. The number of rotatable bonds is 8. The molecule has 0 spiro atoms. The van der Waals surface area contributed by atoms with Gasteiger partial charge in [-0.3, -0.25) is 4.79 Å². The zero-order chi connectivity index (χ0) is 19.9. The number of hydrogen-bond donors (Lipinski definition) is 2. The predicted molar refractivity (Wildman–Crippen MR) is 103 cm³/mol. The molecule has 2 aromatic rings. The number of carbonyl (C=O) groups excluding carboxylic acids is 1. The zero-order valence-electron chi connectivity index (χ0n) is 16.1. The van der Waals surface area contributed by atoms with Gasteiger partial charge in [0.05, 0.1) is 13.7 Å². The summed E-state index contributed by atoms with van der Waals surface area (Å²) in [4.78, 5) is 11.6. The summed E-state index contributed by atoms with van der Waals surface area (Å²) < 4.78 is 30.1. The normalized spacial score (nSPS) is 15.3. The van der Waals surface area contributed by atoms with Crippen LogP contribution in [0.15, 0.2) is 36.4 Å². The number of hydrogen-bond acceptors (Lipinski definition) is 5. The molecule has 150 valence electrons. The minimum atomic E-state index is -0.272. The van der Waals surface area contributed by atoms with Crippen molar-refractivity contribution in [3.05, 3.63) is 53.3 Å². The maximum absolute atomic E-state index is 13.6. The van der Waals surface area contributed by atoms with Gasteiger partial charge in [0.2, 0.25) is 0 Å². The number of carbonyl (C=O) groups is 1. The molecule has 0 radical (unpaired) electrons. The molecule has 1 amide bonds. The maximum atomic E-state index is 13.6. The largest absolute Gasteiger partial charge is 0.493 e. The van der Waals surface area contributed by atoms with E-state index in [-0.39, 0.29) is 24.4 Å². The summed E-state index contributed by atoms with van der Waals surface area (Å²) in [5, 5.41) is 6.13. The Labute approximate surface area is 164 Å². The smallest absolute Gasteiger partial charge is 0.257 e. The molecule has 2 N–H and O–H groups in total. The molecule has 7 heteroatoms. The van der Waals surface area contributed by atoms with E-state index in [9.17, 15) is 9.18 Å². The molecule has 6 nitrogen and oxygen atoms in total. The van der Waals surface area contributed by atoms with Gasteiger partial charge >= 0.3 is 0 Å². The summed E-state index contributed by atoms with van der Waals surface area (Å²) in [5.74, 6) is 1.34.